The van der Waals surface area contributed by atoms with Gasteiger partial charge in [-0.3, -0.25) is 0 Å². The lowest BCUT2D eigenvalue weighted by Crippen LogP contribution is -2.25. The number of hydrogen-bond donors (Lipinski definition) is 2. The lowest BCUT2D eigenvalue weighted by molar-refractivity contribution is -0.164. The molecule has 1 aromatic heterocycles. The molecule has 0 bridgehead atoms. The Kier molecular flexibility index (Phi) is 6.68. The molecule has 3 aromatic rings. The molecular formula is C22H20F3N5O2. The van der Waals surface area contributed by atoms with Crippen molar-refractivity contribution in [2.24, 2.45) is 0 Å². The first-order valence-electron chi connectivity index (χ1n) is 9.59. The number of aromatic nitrogens is 2. The largest absolute Gasteiger partial charge is 0.445 e. The third-order valence-electron chi connectivity index (χ3n) is 4.78. The van der Waals surface area contributed by atoms with Gasteiger partial charge in [-0.05, 0) is 18.1 Å². The first kappa shape index (κ1) is 22.7. The van der Waals surface area contributed by atoms with E-state index in [1.54, 1.807) is 24.3 Å². The van der Waals surface area contributed by atoms with Crippen molar-refractivity contribution in [2.75, 3.05) is 5.73 Å². The number of carbonyl (C=O) groups is 1. The maximum absolute atomic E-state index is 13.1. The summed E-state index contributed by atoms with van der Waals surface area (Å²) >= 11 is 0. The highest BCUT2D eigenvalue weighted by Gasteiger charge is 2.40. The number of benzene rings is 2. The molecule has 0 radical (unpaired) electrons. The number of carbonyl (C=O) groups excluding carboxylic acids is 1. The van der Waals surface area contributed by atoms with Crippen LogP contribution in [0.15, 0.2) is 54.6 Å². The monoisotopic (exact) mass is 443 g/mol. The molecule has 0 aliphatic carbocycles. The van der Waals surface area contributed by atoms with Crippen molar-refractivity contribution in [1.82, 2.24) is 15.1 Å². The van der Waals surface area contributed by atoms with E-state index < -0.39 is 18.3 Å². The fraction of sp³-hybridized carbons (Fsp3) is 0.227. The van der Waals surface area contributed by atoms with E-state index in [0.29, 0.717) is 10.2 Å². The van der Waals surface area contributed by atoms with Gasteiger partial charge >= 0.3 is 12.3 Å². The van der Waals surface area contributed by atoms with Gasteiger partial charge in [0.25, 0.3) is 0 Å². The van der Waals surface area contributed by atoms with Gasteiger partial charge in [-0.25, -0.2) is 9.48 Å². The fourth-order valence-electron chi connectivity index (χ4n) is 2.92. The maximum Gasteiger partial charge on any atom is 0.410 e. The summed E-state index contributed by atoms with van der Waals surface area (Å²) in [6, 6.07) is 15.6. The second kappa shape index (κ2) is 9.43. The number of anilines is 1. The molecule has 0 spiro atoms. The van der Waals surface area contributed by atoms with Gasteiger partial charge in [0.2, 0.25) is 0 Å². The average molecular weight is 443 g/mol. The highest BCUT2D eigenvalue weighted by molar-refractivity contribution is 5.73. The molecule has 0 aliphatic rings. The number of amides is 1. The van der Waals surface area contributed by atoms with Gasteiger partial charge in [0, 0.05) is 12.1 Å². The third kappa shape index (κ3) is 5.18. The van der Waals surface area contributed by atoms with Crippen molar-refractivity contribution >= 4 is 11.9 Å². The van der Waals surface area contributed by atoms with Gasteiger partial charge in [-0.2, -0.15) is 23.5 Å². The van der Waals surface area contributed by atoms with Crippen LogP contribution in [-0.2, 0) is 17.9 Å². The number of nitrogens with two attached hydrogens (primary N) is 1. The second-order valence-corrected chi connectivity index (χ2v) is 7.00. The zero-order valence-electron chi connectivity index (χ0n) is 17.1. The number of nitriles is 1. The van der Waals surface area contributed by atoms with Crippen LogP contribution in [0.25, 0.3) is 11.3 Å². The summed E-state index contributed by atoms with van der Waals surface area (Å²) in [5, 5.41) is 15.9. The highest BCUT2D eigenvalue weighted by atomic mass is 19.4. The summed E-state index contributed by atoms with van der Waals surface area (Å²) in [7, 11) is 0. The number of alkyl carbamates (subject to hydrolysis) is 1. The van der Waals surface area contributed by atoms with E-state index in [1.165, 1.54) is 0 Å². The van der Waals surface area contributed by atoms with Crippen molar-refractivity contribution in [3.8, 4) is 17.3 Å². The van der Waals surface area contributed by atoms with Gasteiger partial charge in [0.15, 0.2) is 0 Å². The molecule has 1 amide bonds. The number of rotatable bonds is 6. The van der Waals surface area contributed by atoms with Crippen molar-refractivity contribution in [2.45, 2.75) is 32.3 Å². The number of nitrogens with zero attached hydrogens (tertiary/aromatic N) is 3. The average Bonchev–Trinajstić information content (AvgIpc) is 3.12. The summed E-state index contributed by atoms with van der Waals surface area (Å²) in [5.41, 5.74) is 7.69. The Morgan fingerprint density at radius 3 is 2.44 bits per heavy atom. The Hall–Kier alpha value is -4.00. The summed E-state index contributed by atoms with van der Waals surface area (Å²) in [6.45, 7) is 1.24. The molecule has 3 rings (SSSR count). The number of halogens is 3. The van der Waals surface area contributed by atoms with Crippen LogP contribution < -0.4 is 11.1 Å². The molecule has 0 saturated heterocycles. The van der Waals surface area contributed by atoms with Gasteiger partial charge < -0.3 is 15.8 Å². The predicted octanol–water partition coefficient (Wildman–Crippen LogP) is 4.55. The van der Waals surface area contributed by atoms with E-state index in [2.05, 4.69) is 10.4 Å². The summed E-state index contributed by atoms with van der Waals surface area (Å²) < 4.78 is 45.0. The van der Waals surface area contributed by atoms with Crippen LogP contribution >= 0.6 is 0 Å². The normalized spacial score (nSPS) is 12.1. The van der Waals surface area contributed by atoms with Gasteiger partial charge in [-0.15, -0.1) is 0 Å². The third-order valence-corrected chi connectivity index (χ3v) is 4.78. The van der Waals surface area contributed by atoms with Gasteiger partial charge in [0.05, 0.1) is 0 Å². The molecule has 1 atom stereocenters. The van der Waals surface area contributed by atoms with E-state index in [0.717, 1.165) is 18.1 Å². The van der Waals surface area contributed by atoms with E-state index in [1.807, 2.05) is 36.4 Å². The number of ether oxygens (including phenoxy) is 1. The molecule has 1 unspecified atom stereocenters. The van der Waals surface area contributed by atoms with Gasteiger partial charge in [0.1, 0.15) is 35.8 Å². The second-order valence-electron chi connectivity index (χ2n) is 7.00. The molecule has 32 heavy (non-hydrogen) atoms. The Bertz CT molecular complexity index is 1120. The molecule has 0 fully saturated rings. The maximum atomic E-state index is 13.1. The standard InChI is InChI=1S/C22H20F3N5O2/c1-14(22(23,24)25)30-20(27)18(11-26)19(29-30)17-9-7-15(8-10-17)12-28-21(31)32-13-16-5-3-2-4-6-16/h2-10,14H,12-13,27H2,1H3,(H,28,31). The lowest BCUT2D eigenvalue weighted by Gasteiger charge is -2.17. The van der Waals surface area contributed by atoms with Crippen molar-refractivity contribution < 1.29 is 22.7 Å². The highest BCUT2D eigenvalue weighted by Crippen LogP contribution is 2.35. The smallest absolute Gasteiger partial charge is 0.410 e. The summed E-state index contributed by atoms with van der Waals surface area (Å²) in [5.74, 6) is -0.348. The zero-order valence-corrected chi connectivity index (χ0v) is 17.1. The Balaban J connectivity index is 1.67. The van der Waals surface area contributed by atoms with Crippen LogP contribution in [0.2, 0.25) is 0 Å². The van der Waals surface area contributed by atoms with Crippen LogP contribution in [0, 0.1) is 11.3 Å². The van der Waals surface area contributed by atoms with Crippen molar-refractivity contribution in [3.05, 3.63) is 71.3 Å². The van der Waals surface area contributed by atoms with Crippen molar-refractivity contribution in [3.63, 3.8) is 0 Å². The van der Waals surface area contributed by atoms with E-state index in [4.69, 9.17) is 10.5 Å². The Morgan fingerprint density at radius 1 is 1.19 bits per heavy atom. The molecule has 1 heterocycles. The SMILES string of the molecule is CC(n1nc(-c2ccc(CNC(=O)OCc3ccccc3)cc2)c(C#N)c1N)C(F)(F)F. The first-order chi connectivity index (χ1) is 15.2. The minimum atomic E-state index is -4.56. The van der Waals surface area contributed by atoms with Crippen LogP contribution in [0.3, 0.4) is 0 Å². The molecular weight excluding hydrogens is 423 g/mol. The zero-order chi connectivity index (χ0) is 23.3. The minimum absolute atomic E-state index is 0.0582. The molecule has 7 nitrogen and oxygen atoms in total. The quantitative estimate of drug-likeness (QED) is 0.581. The summed E-state index contributed by atoms with van der Waals surface area (Å²) in [4.78, 5) is 11.9. The molecule has 3 N–H and O–H groups in total. The Morgan fingerprint density at radius 2 is 1.84 bits per heavy atom. The number of hydrogen-bond acceptors (Lipinski definition) is 5. The van der Waals surface area contributed by atoms with E-state index in [-0.39, 0.29) is 30.2 Å². The lowest BCUT2D eigenvalue weighted by atomic mass is 10.1. The van der Waals surface area contributed by atoms with Crippen LogP contribution in [0.5, 0.6) is 0 Å². The van der Waals surface area contributed by atoms with Crippen LogP contribution in [0.4, 0.5) is 23.8 Å². The van der Waals surface area contributed by atoms with E-state index >= 15 is 0 Å². The number of nitrogen functional groups attached to an aromatic ring is 1. The Labute approximate surface area is 182 Å². The first-order valence-corrected chi connectivity index (χ1v) is 9.59. The van der Waals surface area contributed by atoms with Crippen LogP contribution in [-0.4, -0.2) is 22.1 Å². The molecule has 166 valence electrons. The van der Waals surface area contributed by atoms with Crippen molar-refractivity contribution in [1.29, 1.82) is 5.26 Å². The minimum Gasteiger partial charge on any atom is -0.445 e. The molecule has 2 aromatic carbocycles. The molecule has 10 heteroatoms. The summed E-state index contributed by atoms with van der Waals surface area (Å²) in [6.07, 6.45) is -5.15. The van der Waals surface area contributed by atoms with E-state index in [9.17, 15) is 23.2 Å². The van der Waals surface area contributed by atoms with Gasteiger partial charge in [-0.1, -0.05) is 54.6 Å². The van der Waals surface area contributed by atoms with Crippen LogP contribution in [0.1, 0.15) is 29.7 Å². The predicted molar refractivity (Wildman–Crippen MR) is 111 cm³/mol. The topological polar surface area (TPSA) is 106 Å². The molecule has 0 aliphatic heterocycles. The molecule has 0 saturated carbocycles. The number of alkyl halides is 3. The fourth-order valence-corrected chi connectivity index (χ4v) is 2.92. The number of nitrogens with one attached hydrogen (secondary N) is 1.